The number of halogens is 1. The molecule has 0 aromatic heterocycles. The highest BCUT2D eigenvalue weighted by Gasteiger charge is 2.57. The summed E-state index contributed by atoms with van der Waals surface area (Å²) in [7, 11) is 1.48. The first kappa shape index (κ1) is 21.2. The number of hydrogen-bond acceptors (Lipinski definition) is 4. The fraction of sp³-hybridized carbons (Fsp3) is 0.375. The first-order valence-corrected chi connectivity index (χ1v) is 10.9. The maximum Gasteiger partial charge on any atom is 0.407 e. The number of piperidine rings is 1. The van der Waals surface area contributed by atoms with Crippen LogP contribution in [0.5, 0.6) is 5.75 Å². The second kappa shape index (κ2) is 8.06. The Bertz CT molecular complexity index is 1110. The van der Waals surface area contributed by atoms with Crippen LogP contribution in [0.4, 0.5) is 9.18 Å². The molecule has 1 saturated heterocycles. The predicted molar refractivity (Wildman–Crippen MR) is 116 cm³/mol. The molecule has 0 radical (unpaired) electrons. The van der Waals surface area contributed by atoms with Gasteiger partial charge >= 0.3 is 6.09 Å². The average molecular weight is 453 g/mol. The quantitative estimate of drug-likeness (QED) is 0.644. The highest BCUT2D eigenvalue weighted by atomic mass is 19.1. The van der Waals surface area contributed by atoms with Crippen molar-refractivity contribution in [2.75, 3.05) is 26.8 Å². The lowest BCUT2D eigenvalue weighted by Gasteiger charge is -2.17. The van der Waals surface area contributed by atoms with Gasteiger partial charge in [0.05, 0.1) is 11.5 Å². The number of carbonyl (C=O) groups is 3. The maximum atomic E-state index is 13.9. The van der Waals surface area contributed by atoms with Gasteiger partial charge in [0, 0.05) is 49.1 Å². The van der Waals surface area contributed by atoms with Crippen molar-refractivity contribution in [2.45, 2.75) is 18.1 Å². The van der Waals surface area contributed by atoms with Crippen molar-refractivity contribution in [2.24, 2.45) is 11.8 Å². The van der Waals surface area contributed by atoms with Crippen LogP contribution >= 0.6 is 0 Å². The number of rotatable bonds is 5. The van der Waals surface area contributed by atoms with Gasteiger partial charge in [0.15, 0.2) is 0 Å². The minimum Gasteiger partial charge on any atom is -0.486 e. The zero-order chi connectivity index (χ0) is 23.3. The monoisotopic (exact) mass is 453 g/mol. The lowest BCUT2D eigenvalue weighted by Crippen LogP contribution is -2.36. The molecule has 1 saturated carbocycles. The van der Waals surface area contributed by atoms with Crippen LogP contribution in [-0.4, -0.2) is 66.9 Å². The average Bonchev–Trinajstić information content (AvgIpc) is 3.18. The number of carboxylic acid groups (broad SMARTS) is 1. The van der Waals surface area contributed by atoms with Gasteiger partial charge in [-0.3, -0.25) is 9.59 Å². The molecule has 2 aliphatic heterocycles. The molecule has 0 spiro atoms. The molecule has 3 N–H and O–H groups in total. The van der Waals surface area contributed by atoms with E-state index in [0.717, 1.165) is 5.56 Å². The Morgan fingerprint density at radius 1 is 1.12 bits per heavy atom. The Labute approximate surface area is 189 Å². The zero-order valence-corrected chi connectivity index (χ0v) is 18.0. The molecule has 3 amide bonds. The van der Waals surface area contributed by atoms with Gasteiger partial charge in [0.1, 0.15) is 18.5 Å². The molecule has 2 heterocycles. The number of ether oxygens (including phenoxy) is 1. The van der Waals surface area contributed by atoms with Crippen LogP contribution in [0.1, 0.15) is 37.8 Å². The van der Waals surface area contributed by atoms with Crippen LogP contribution in [0.15, 0.2) is 42.5 Å². The van der Waals surface area contributed by atoms with Crippen LogP contribution in [0.2, 0.25) is 0 Å². The van der Waals surface area contributed by atoms with Crippen molar-refractivity contribution < 1.29 is 28.6 Å². The summed E-state index contributed by atoms with van der Waals surface area (Å²) in [5.41, 5.74) is 1.91. The second-order valence-electron chi connectivity index (χ2n) is 8.73. The van der Waals surface area contributed by atoms with E-state index in [2.05, 4.69) is 10.6 Å². The molecular weight excluding hydrogens is 429 g/mol. The van der Waals surface area contributed by atoms with E-state index in [1.165, 1.54) is 18.0 Å². The van der Waals surface area contributed by atoms with Gasteiger partial charge in [0.25, 0.3) is 11.8 Å². The molecule has 8 nitrogen and oxygen atoms in total. The van der Waals surface area contributed by atoms with Crippen LogP contribution in [0.25, 0.3) is 0 Å². The van der Waals surface area contributed by atoms with E-state index in [-0.39, 0.29) is 34.9 Å². The van der Waals surface area contributed by atoms with Gasteiger partial charge in [0.2, 0.25) is 0 Å². The fourth-order valence-electron chi connectivity index (χ4n) is 5.17. The second-order valence-corrected chi connectivity index (χ2v) is 8.73. The van der Waals surface area contributed by atoms with E-state index >= 15 is 0 Å². The van der Waals surface area contributed by atoms with Gasteiger partial charge in [-0.2, -0.15) is 0 Å². The molecular formula is C24H24FN3O5. The SMILES string of the molecule is CNC(=O)c1cc(C(=O)NC2C3CN(C(=O)O)CC32)cc2c1OC(CF)C2c1ccccc1. The van der Waals surface area contributed by atoms with Crippen LogP contribution in [-0.2, 0) is 0 Å². The number of nitrogens with zero attached hydrogens (tertiary/aromatic N) is 1. The Balaban J connectivity index is 1.46. The highest BCUT2D eigenvalue weighted by Crippen LogP contribution is 2.47. The van der Waals surface area contributed by atoms with Crippen LogP contribution in [0.3, 0.4) is 0 Å². The van der Waals surface area contributed by atoms with E-state index < -0.39 is 30.7 Å². The number of likely N-dealkylation sites (tertiary alicyclic amines) is 1. The number of amides is 3. The van der Waals surface area contributed by atoms with Gasteiger partial charge in [-0.1, -0.05) is 30.3 Å². The summed E-state index contributed by atoms with van der Waals surface area (Å²) in [6, 6.07) is 12.4. The summed E-state index contributed by atoms with van der Waals surface area (Å²) in [4.78, 5) is 38.2. The third-order valence-corrected chi connectivity index (χ3v) is 6.90. The summed E-state index contributed by atoms with van der Waals surface area (Å²) in [6.07, 6.45) is -1.75. The number of hydrogen-bond donors (Lipinski definition) is 3. The van der Waals surface area contributed by atoms with Crippen molar-refractivity contribution in [3.8, 4) is 5.75 Å². The number of fused-ring (bicyclic) bond motifs is 2. The van der Waals surface area contributed by atoms with E-state index in [1.54, 1.807) is 6.07 Å². The third kappa shape index (κ3) is 3.57. The normalized spacial score (nSPS) is 26.7. The van der Waals surface area contributed by atoms with Crippen molar-refractivity contribution in [3.05, 3.63) is 64.7 Å². The molecule has 33 heavy (non-hydrogen) atoms. The largest absolute Gasteiger partial charge is 0.486 e. The Morgan fingerprint density at radius 3 is 2.42 bits per heavy atom. The minimum absolute atomic E-state index is 0.0930. The lowest BCUT2D eigenvalue weighted by molar-refractivity contribution is 0.0943. The summed E-state index contributed by atoms with van der Waals surface area (Å²) in [5.74, 6) is -0.717. The number of benzene rings is 2. The van der Waals surface area contributed by atoms with Gasteiger partial charge < -0.3 is 25.4 Å². The fourth-order valence-corrected chi connectivity index (χ4v) is 5.17. The molecule has 5 rings (SSSR count). The number of carbonyl (C=O) groups excluding carboxylic acids is 2. The molecule has 9 heteroatoms. The molecule has 2 aromatic rings. The maximum absolute atomic E-state index is 13.9. The molecule has 4 unspecified atom stereocenters. The van der Waals surface area contributed by atoms with E-state index in [1.807, 2.05) is 30.3 Å². The van der Waals surface area contributed by atoms with Crippen molar-refractivity contribution in [3.63, 3.8) is 0 Å². The third-order valence-electron chi connectivity index (χ3n) is 6.90. The van der Waals surface area contributed by atoms with Crippen molar-refractivity contribution >= 4 is 17.9 Å². The number of alkyl halides is 1. The standard InChI is InChI=1S/C24H24FN3O5/c1-26-23(30)15-8-13(22(29)27-20-16-10-28(24(31)32)11-17(16)20)7-14-19(12-5-3-2-4-6-12)18(9-25)33-21(14)15/h2-8,16-20H,9-11H2,1H3,(H,26,30)(H,27,29)(H,31,32). The Morgan fingerprint density at radius 2 is 1.82 bits per heavy atom. The zero-order valence-electron chi connectivity index (χ0n) is 18.0. The number of nitrogens with one attached hydrogen (secondary N) is 2. The molecule has 3 aliphatic rings. The Kier molecular flexibility index (Phi) is 5.19. The van der Waals surface area contributed by atoms with Crippen LogP contribution in [0, 0.1) is 11.8 Å². The molecule has 1 aliphatic carbocycles. The van der Waals surface area contributed by atoms with E-state index in [4.69, 9.17) is 9.84 Å². The predicted octanol–water partition coefficient (Wildman–Crippen LogP) is 2.25. The van der Waals surface area contributed by atoms with E-state index in [0.29, 0.717) is 24.4 Å². The van der Waals surface area contributed by atoms with Crippen LogP contribution < -0.4 is 15.4 Å². The topological polar surface area (TPSA) is 108 Å². The molecule has 2 aromatic carbocycles. The first-order chi connectivity index (χ1) is 15.9. The molecule has 2 fully saturated rings. The van der Waals surface area contributed by atoms with E-state index in [9.17, 15) is 18.8 Å². The highest BCUT2D eigenvalue weighted by molar-refractivity contribution is 6.02. The van der Waals surface area contributed by atoms with Gasteiger partial charge in [-0.05, 0) is 17.7 Å². The molecule has 4 atom stereocenters. The first-order valence-electron chi connectivity index (χ1n) is 10.9. The lowest BCUT2D eigenvalue weighted by atomic mass is 9.86. The van der Waals surface area contributed by atoms with Gasteiger partial charge in [-0.15, -0.1) is 0 Å². The summed E-state index contributed by atoms with van der Waals surface area (Å²) in [5, 5.41) is 14.7. The van der Waals surface area contributed by atoms with Crippen molar-refractivity contribution in [1.82, 2.24) is 15.5 Å². The molecule has 172 valence electrons. The summed E-state index contributed by atoms with van der Waals surface area (Å²) >= 11 is 0. The smallest absolute Gasteiger partial charge is 0.407 e. The molecule has 0 bridgehead atoms. The summed E-state index contributed by atoms with van der Waals surface area (Å²) < 4.78 is 19.8. The van der Waals surface area contributed by atoms with Gasteiger partial charge in [-0.25, -0.2) is 9.18 Å². The van der Waals surface area contributed by atoms with Crippen molar-refractivity contribution in [1.29, 1.82) is 0 Å². The summed E-state index contributed by atoms with van der Waals surface area (Å²) in [6.45, 7) is 0.0654. The minimum atomic E-state index is -0.949. The Hall–Kier alpha value is -3.62.